The van der Waals surface area contributed by atoms with Gasteiger partial charge in [-0.2, -0.15) is 13.2 Å². The number of anilines is 2. The molecular formula is C16H21F3N2O. The van der Waals surface area contributed by atoms with E-state index in [0.717, 1.165) is 44.2 Å². The first kappa shape index (κ1) is 16.6. The van der Waals surface area contributed by atoms with Crippen molar-refractivity contribution in [1.82, 2.24) is 0 Å². The number of hydrogen-bond donors (Lipinski definition) is 1. The maximum absolute atomic E-state index is 12.9. The Morgan fingerprint density at radius 1 is 1.18 bits per heavy atom. The first-order valence-corrected chi connectivity index (χ1v) is 7.48. The molecule has 1 aromatic rings. The van der Waals surface area contributed by atoms with Crippen molar-refractivity contribution in [3.05, 3.63) is 23.8 Å². The second-order valence-electron chi connectivity index (χ2n) is 5.95. The van der Waals surface area contributed by atoms with Crippen LogP contribution in [0.1, 0.15) is 37.7 Å². The summed E-state index contributed by atoms with van der Waals surface area (Å²) in [5.41, 5.74) is 0.0320. The van der Waals surface area contributed by atoms with Crippen LogP contribution < -0.4 is 10.2 Å². The van der Waals surface area contributed by atoms with Crippen LogP contribution in [-0.4, -0.2) is 20.0 Å². The van der Waals surface area contributed by atoms with E-state index in [1.165, 1.54) is 6.07 Å². The van der Waals surface area contributed by atoms with Crippen molar-refractivity contribution >= 4 is 17.3 Å². The summed E-state index contributed by atoms with van der Waals surface area (Å²) in [6, 6.07) is 3.43. The van der Waals surface area contributed by atoms with E-state index in [9.17, 15) is 18.0 Å². The molecule has 1 aromatic carbocycles. The summed E-state index contributed by atoms with van der Waals surface area (Å²) in [6.45, 7) is 0. The number of benzene rings is 1. The summed E-state index contributed by atoms with van der Waals surface area (Å²) in [4.78, 5) is 14.0. The molecule has 0 bridgehead atoms. The fourth-order valence-electron chi connectivity index (χ4n) is 2.80. The topological polar surface area (TPSA) is 32.3 Å². The van der Waals surface area contributed by atoms with Gasteiger partial charge in [0.1, 0.15) is 0 Å². The van der Waals surface area contributed by atoms with Crippen molar-refractivity contribution in [2.75, 3.05) is 24.3 Å². The monoisotopic (exact) mass is 314 g/mol. The van der Waals surface area contributed by atoms with Crippen molar-refractivity contribution < 1.29 is 18.0 Å². The molecule has 122 valence electrons. The minimum absolute atomic E-state index is 0.0988. The van der Waals surface area contributed by atoms with Crippen LogP contribution in [-0.2, 0) is 11.0 Å². The van der Waals surface area contributed by atoms with Crippen LogP contribution in [0.5, 0.6) is 0 Å². The third-order valence-corrected chi connectivity index (χ3v) is 4.04. The number of nitrogens with zero attached hydrogens (tertiary/aromatic N) is 1. The van der Waals surface area contributed by atoms with Gasteiger partial charge in [0.25, 0.3) is 0 Å². The molecule has 1 N–H and O–H groups in total. The molecule has 6 heteroatoms. The average molecular weight is 314 g/mol. The molecule has 1 saturated carbocycles. The standard InChI is InChI=1S/C16H21F3N2O/c1-21(2)14-9-8-12(16(17,18)19)10-13(14)20-15(22)11-6-4-3-5-7-11/h8-11H,3-7H2,1-2H3,(H,20,22). The Bertz CT molecular complexity index is 535. The highest BCUT2D eigenvalue weighted by atomic mass is 19.4. The molecular weight excluding hydrogens is 293 g/mol. The quantitative estimate of drug-likeness (QED) is 0.902. The summed E-state index contributed by atoms with van der Waals surface area (Å²) >= 11 is 0. The number of hydrogen-bond acceptors (Lipinski definition) is 2. The highest BCUT2D eigenvalue weighted by Crippen LogP contribution is 2.35. The molecule has 22 heavy (non-hydrogen) atoms. The van der Waals surface area contributed by atoms with Crippen LogP contribution in [0.2, 0.25) is 0 Å². The van der Waals surface area contributed by atoms with Crippen molar-refractivity contribution in [3.8, 4) is 0 Å². The zero-order chi connectivity index (χ0) is 16.3. The molecule has 0 aromatic heterocycles. The predicted molar refractivity (Wildman–Crippen MR) is 81.0 cm³/mol. The highest BCUT2D eigenvalue weighted by Gasteiger charge is 2.31. The van der Waals surface area contributed by atoms with Gasteiger partial charge in [0, 0.05) is 20.0 Å². The third kappa shape index (κ3) is 3.93. The number of alkyl halides is 3. The largest absolute Gasteiger partial charge is 0.416 e. The smallest absolute Gasteiger partial charge is 0.376 e. The third-order valence-electron chi connectivity index (χ3n) is 4.04. The van der Waals surface area contributed by atoms with Gasteiger partial charge in [0.05, 0.1) is 16.9 Å². The number of carbonyl (C=O) groups is 1. The molecule has 1 aliphatic carbocycles. The molecule has 0 unspecified atom stereocenters. The first-order valence-electron chi connectivity index (χ1n) is 7.48. The SMILES string of the molecule is CN(C)c1ccc(C(F)(F)F)cc1NC(=O)C1CCCCC1. The van der Waals surface area contributed by atoms with Gasteiger partial charge in [-0.05, 0) is 31.0 Å². The summed E-state index contributed by atoms with van der Waals surface area (Å²) < 4.78 is 38.6. The number of carbonyl (C=O) groups excluding carboxylic acids is 1. The molecule has 3 nitrogen and oxygen atoms in total. The van der Waals surface area contributed by atoms with Gasteiger partial charge in [-0.15, -0.1) is 0 Å². The highest BCUT2D eigenvalue weighted by molar-refractivity contribution is 5.96. The normalized spacial score (nSPS) is 16.4. The Labute approximate surface area is 128 Å². The molecule has 0 spiro atoms. The van der Waals surface area contributed by atoms with Gasteiger partial charge in [-0.1, -0.05) is 19.3 Å². The molecule has 1 amide bonds. The minimum Gasteiger partial charge on any atom is -0.376 e. The maximum atomic E-state index is 12.9. The van der Waals surface area contributed by atoms with Crippen LogP contribution in [0, 0.1) is 5.92 Å². The molecule has 2 rings (SSSR count). The Kier molecular flexibility index (Phi) is 4.98. The van der Waals surface area contributed by atoms with E-state index >= 15 is 0 Å². The zero-order valence-corrected chi connectivity index (χ0v) is 12.8. The fourth-order valence-corrected chi connectivity index (χ4v) is 2.80. The molecule has 1 aliphatic rings. The molecule has 1 fully saturated rings. The number of rotatable bonds is 3. The lowest BCUT2D eigenvalue weighted by Crippen LogP contribution is -2.26. The van der Waals surface area contributed by atoms with Gasteiger partial charge in [0.15, 0.2) is 0 Å². The lowest BCUT2D eigenvalue weighted by atomic mass is 9.88. The average Bonchev–Trinajstić information content (AvgIpc) is 2.47. The van der Waals surface area contributed by atoms with Crippen molar-refractivity contribution in [2.45, 2.75) is 38.3 Å². The van der Waals surface area contributed by atoms with Crippen molar-refractivity contribution in [1.29, 1.82) is 0 Å². The number of nitrogens with one attached hydrogen (secondary N) is 1. The Balaban J connectivity index is 2.24. The lowest BCUT2D eigenvalue weighted by Gasteiger charge is -2.24. The van der Waals surface area contributed by atoms with Gasteiger partial charge >= 0.3 is 6.18 Å². The molecule has 0 radical (unpaired) electrons. The zero-order valence-electron chi connectivity index (χ0n) is 12.8. The van der Waals surface area contributed by atoms with Gasteiger partial charge in [-0.3, -0.25) is 4.79 Å². The fraction of sp³-hybridized carbons (Fsp3) is 0.562. The van der Waals surface area contributed by atoms with Crippen LogP contribution in [0.15, 0.2) is 18.2 Å². The van der Waals surface area contributed by atoms with E-state index in [-0.39, 0.29) is 17.5 Å². The summed E-state index contributed by atoms with van der Waals surface area (Å²) in [5.74, 6) is -0.277. The van der Waals surface area contributed by atoms with Crippen molar-refractivity contribution in [3.63, 3.8) is 0 Å². The van der Waals surface area contributed by atoms with Crippen molar-refractivity contribution in [2.24, 2.45) is 5.92 Å². The van der Waals surface area contributed by atoms with E-state index in [2.05, 4.69) is 5.32 Å². The number of amides is 1. The number of halogens is 3. The Morgan fingerprint density at radius 2 is 1.82 bits per heavy atom. The van der Waals surface area contributed by atoms with E-state index in [1.54, 1.807) is 19.0 Å². The maximum Gasteiger partial charge on any atom is 0.416 e. The van der Waals surface area contributed by atoms with E-state index < -0.39 is 11.7 Å². The molecule has 0 atom stereocenters. The predicted octanol–water partition coefficient (Wildman–Crippen LogP) is 4.29. The second-order valence-corrected chi connectivity index (χ2v) is 5.95. The second kappa shape index (κ2) is 6.58. The van der Waals surface area contributed by atoms with Gasteiger partial charge < -0.3 is 10.2 Å². The summed E-state index contributed by atoms with van der Waals surface area (Å²) in [6.07, 6.45) is 0.318. The first-order chi connectivity index (χ1) is 10.3. The van der Waals surface area contributed by atoms with E-state index in [0.29, 0.717) is 5.69 Å². The van der Waals surface area contributed by atoms with Crippen LogP contribution >= 0.6 is 0 Å². The van der Waals surface area contributed by atoms with Gasteiger partial charge in [-0.25, -0.2) is 0 Å². The lowest BCUT2D eigenvalue weighted by molar-refractivity contribution is -0.137. The molecule has 0 saturated heterocycles. The minimum atomic E-state index is -4.42. The van der Waals surface area contributed by atoms with Crippen LogP contribution in [0.3, 0.4) is 0 Å². The summed E-state index contributed by atoms with van der Waals surface area (Å²) in [7, 11) is 3.47. The summed E-state index contributed by atoms with van der Waals surface area (Å²) in [5, 5.41) is 2.69. The Hall–Kier alpha value is -1.72. The molecule has 0 heterocycles. The van der Waals surface area contributed by atoms with E-state index in [4.69, 9.17) is 0 Å². The van der Waals surface area contributed by atoms with Crippen LogP contribution in [0.25, 0.3) is 0 Å². The van der Waals surface area contributed by atoms with E-state index in [1.807, 2.05) is 0 Å². The van der Waals surface area contributed by atoms with Crippen LogP contribution in [0.4, 0.5) is 24.5 Å². The Morgan fingerprint density at radius 3 is 2.36 bits per heavy atom. The molecule has 0 aliphatic heterocycles. The van der Waals surface area contributed by atoms with Gasteiger partial charge in [0.2, 0.25) is 5.91 Å².